The van der Waals surface area contributed by atoms with Crippen molar-refractivity contribution in [1.82, 2.24) is 19.1 Å². The Labute approximate surface area is 380 Å². The third-order valence-corrected chi connectivity index (χ3v) is 13.8. The van der Waals surface area contributed by atoms with Crippen molar-refractivity contribution in [3.63, 3.8) is 0 Å². The van der Waals surface area contributed by atoms with Crippen LogP contribution in [0.5, 0.6) is 11.5 Å². The maximum absolute atomic E-state index is 14.6. The number of carbonyl (C=O) groups is 1. The molecule has 15 nitrogen and oxygen atoms in total. The topological polar surface area (TPSA) is 167 Å². The Morgan fingerprint density at radius 2 is 1.46 bits per heavy atom. The second-order valence-corrected chi connectivity index (χ2v) is 18.0. The third kappa shape index (κ3) is 9.75. The third-order valence-electron chi connectivity index (χ3n) is 11.7. The quantitative estimate of drug-likeness (QED) is 0.0486. The molecule has 1 aromatic heterocycles. The number of rotatable bonds is 19. The number of nitriles is 1. The summed E-state index contributed by atoms with van der Waals surface area (Å²) in [6.07, 6.45) is -1.35. The molecule has 5 atom stereocenters. The fourth-order valence-corrected chi connectivity index (χ4v) is 10.5. The van der Waals surface area contributed by atoms with Crippen LogP contribution >= 0.6 is 8.53 Å². The molecule has 0 saturated carbocycles. The maximum atomic E-state index is 14.6. The lowest BCUT2D eigenvalue weighted by molar-refractivity contribution is -0.174. The first-order valence-corrected chi connectivity index (χ1v) is 22.7. The minimum absolute atomic E-state index is 0.0222. The Hall–Kier alpha value is -5.85. The standard InChI is InChI=1S/C49H56N5O10P/c1-33(2)54(34(3)4)65(62-28-14-27-50)64-43-42-45(52-29-35(5)44(55)51-46(52)56)63-48(43,31-53(42)47(57)60-30-36-15-10-8-11-16-36)32-61-49(37-17-12-9-13-18-37,38-19-23-40(58-6)24-20-38)39-21-25-41(59-7)26-22-39/h8-13,15-26,29,33-34,42-43,45H,14,28,30-32H2,1-7H3,(H,51,55,56)/t42-,43+,45-,48-,65?/m1/s1. The zero-order valence-corrected chi connectivity index (χ0v) is 38.6. The Kier molecular flexibility index (Phi) is 14.9. The summed E-state index contributed by atoms with van der Waals surface area (Å²) < 4.78 is 48.9. The Morgan fingerprint density at radius 1 is 0.892 bits per heavy atom. The highest BCUT2D eigenvalue weighted by Crippen LogP contribution is 2.57. The van der Waals surface area contributed by atoms with E-state index < -0.39 is 55.4 Å². The van der Waals surface area contributed by atoms with Crippen LogP contribution in [0, 0.1) is 18.3 Å². The van der Waals surface area contributed by atoms with Gasteiger partial charge in [0.15, 0.2) is 6.23 Å². The summed E-state index contributed by atoms with van der Waals surface area (Å²) in [5.41, 5.74) is -0.786. The van der Waals surface area contributed by atoms with E-state index in [4.69, 9.17) is 32.7 Å². The fourth-order valence-electron chi connectivity index (χ4n) is 8.68. The van der Waals surface area contributed by atoms with E-state index in [1.165, 1.54) is 15.7 Å². The highest BCUT2D eigenvalue weighted by Gasteiger charge is 2.68. The first-order chi connectivity index (χ1) is 31.3. The molecule has 7 rings (SSSR count). The van der Waals surface area contributed by atoms with E-state index in [2.05, 4.69) is 15.7 Å². The van der Waals surface area contributed by atoms with Crippen LogP contribution in [0.1, 0.15) is 68.2 Å². The Morgan fingerprint density at radius 3 is 2.02 bits per heavy atom. The van der Waals surface area contributed by atoms with Crippen molar-refractivity contribution in [3.8, 4) is 17.6 Å². The number of hydrogen-bond acceptors (Lipinski definition) is 12. The van der Waals surface area contributed by atoms with Crippen LogP contribution in [0.3, 0.4) is 0 Å². The number of nitrogens with zero attached hydrogens (tertiary/aromatic N) is 4. The number of likely N-dealkylation sites (tertiary alicyclic amines) is 1. The number of aryl methyl sites for hydroxylation is 1. The van der Waals surface area contributed by atoms with Crippen LogP contribution in [-0.2, 0) is 35.5 Å². The molecule has 16 heteroatoms. The number of hydrogen-bond donors (Lipinski definition) is 1. The van der Waals surface area contributed by atoms with Gasteiger partial charge in [0.2, 0.25) is 0 Å². The Balaban J connectivity index is 1.42. The van der Waals surface area contributed by atoms with Gasteiger partial charge >= 0.3 is 11.8 Å². The average Bonchev–Trinajstić information content (AvgIpc) is 3.79. The first-order valence-electron chi connectivity index (χ1n) is 21.6. The van der Waals surface area contributed by atoms with Crippen molar-refractivity contribution in [3.05, 3.63) is 164 Å². The van der Waals surface area contributed by atoms with Crippen molar-refractivity contribution in [2.75, 3.05) is 34.0 Å². The second kappa shape index (κ2) is 20.5. The largest absolute Gasteiger partial charge is 0.497 e. The van der Waals surface area contributed by atoms with Crippen LogP contribution in [-0.4, -0.2) is 89.0 Å². The van der Waals surface area contributed by atoms with E-state index in [0.717, 1.165) is 22.3 Å². The van der Waals surface area contributed by atoms with Crippen molar-refractivity contribution >= 4 is 14.6 Å². The van der Waals surface area contributed by atoms with Gasteiger partial charge in [-0.3, -0.25) is 19.2 Å². The predicted octanol–water partition coefficient (Wildman–Crippen LogP) is 7.82. The molecule has 342 valence electrons. The van der Waals surface area contributed by atoms with Crippen molar-refractivity contribution in [2.24, 2.45) is 0 Å². The number of aromatic nitrogens is 2. The summed E-state index contributed by atoms with van der Waals surface area (Å²) in [6, 6.07) is 35.3. The molecule has 4 aromatic carbocycles. The second-order valence-electron chi connectivity index (χ2n) is 16.6. The molecule has 1 unspecified atom stereocenters. The lowest BCUT2D eigenvalue weighted by Gasteiger charge is -2.42. The van der Waals surface area contributed by atoms with E-state index in [1.807, 2.05) is 137 Å². The molecule has 1 amide bonds. The highest BCUT2D eigenvalue weighted by atomic mass is 31.2. The molecular formula is C49H56N5O10P. The summed E-state index contributed by atoms with van der Waals surface area (Å²) in [5, 5.41) is 9.56. The van der Waals surface area contributed by atoms with E-state index in [1.54, 1.807) is 21.1 Å². The molecule has 2 aliphatic rings. The smallest absolute Gasteiger partial charge is 0.410 e. The zero-order valence-electron chi connectivity index (χ0n) is 37.7. The molecular weight excluding hydrogens is 850 g/mol. The van der Waals surface area contributed by atoms with Crippen LogP contribution in [0.25, 0.3) is 0 Å². The summed E-state index contributed by atoms with van der Waals surface area (Å²) in [6.45, 7) is 9.48. The number of benzene rings is 4. The molecule has 2 saturated heterocycles. The molecule has 3 heterocycles. The maximum Gasteiger partial charge on any atom is 0.410 e. The summed E-state index contributed by atoms with van der Waals surface area (Å²) >= 11 is 0. The SMILES string of the molecule is COc1ccc(C(OC[C@@]23CN(C(=O)OCc4ccccc4)[C@@H]([C@H](n4cc(C)c(=O)[nH]c4=O)O2)[C@@H]3OP(OCCC#N)N(C(C)C)C(C)C)(c2ccccc2)c2ccc(OC)cc2)cc1. The van der Waals surface area contributed by atoms with Gasteiger partial charge in [0.05, 0.1) is 46.5 Å². The van der Waals surface area contributed by atoms with Crippen molar-refractivity contribution in [2.45, 2.75) is 89.3 Å². The minimum Gasteiger partial charge on any atom is -0.497 e. The van der Waals surface area contributed by atoms with Gasteiger partial charge in [0, 0.05) is 23.8 Å². The van der Waals surface area contributed by atoms with Crippen molar-refractivity contribution in [1.29, 1.82) is 5.26 Å². The van der Waals surface area contributed by atoms with E-state index in [-0.39, 0.29) is 50.4 Å². The number of amides is 1. The van der Waals surface area contributed by atoms with Gasteiger partial charge in [-0.25, -0.2) is 14.3 Å². The number of H-pyrrole nitrogens is 1. The molecule has 0 radical (unpaired) electrons. The highest BCUT2D eigenvalue weighted by molar-refractivity contribution is 7.44. The van der Waals surface area contributed by atoms with Gasteiger partial charge in [-0.2, -0.15) is 5.26 Å². The lowest BCUT2D eigenvalue weighted by Crippen LogP contribution is -2.53. The molecule has 2 aliphatic heterocycles. The van der Waals surface area contributed by atoms with E-state index >= 15 is 0 Å². The monoisotopic (exact) mass is 905 g/mol. The minimum atomic E-state index is -1.95. The van der Waals surface area contributed by atoms with Gasteiger partial charge in [-0.1, -0.05) is 84.9 Å². The summed E-state index contributed by atoms with van der Waals surface area (Å²) in [5.74, 6) is 1.29. The van der Waals surface area contributed by atoms with Gasteiger partial charge in [0.25, 0.3) is 14.1 Å². The number of nitrogens with one attached hydrogen (secondary N) is 1. The molecule has 0 aliphatic carbocycles. The average molecular weight is 906 g/mol. The number of morpholine rings is 1. The van der Waals surface area contributed by atoms with E-state index in [9.17, 15) is 19.6 Å². The van der Waals surface area contributed by atoms with Gasteiger partial charge in [-0.05, 0) is 81.1 Å². The van der Waals surface area contributed by atoms with Crippen LogP contribution < -0.4 is 20.7 Å². The zero-order chi connectivity index (χ0) is 46.3. The summed E-state index contributed by atoms with van der Waals surface area (Å²) in [7, 11) is 1.26. The number of methoxy groups -OCH3 is 2. The molecule has 65 heavy (non-hydrogen) atoms. The Bertz CT molecular complexity index is 2480. The summed E-state index contributed by atoms with van der Waals surface area (Å²) in [4.78, 5) is 45.2. The van der Waals surface area contributed by atoms with Crippen LogP contribution in [0.2, 0.25) is 0 Å². The van der Waals surface area contributed by atoms with Gasteiger partial charge in [-0.15, -0.1) is 0 Å². The van der Waals surface area contributed by atoms with Gasteiger partial charge < -0.3 is 32.7 Å². The van der Waals surface area contributed by atoms with Crippen LogP contribution in [0.15, 0.2) is 125 Å². The predicted molar refractivity (Wildman–Crippen MR) is 244 cm³/mol. The molecule has 2 bridgehead atoms. The van der Waals surface area contributed by atoms with Crippen molar-refractivity contribution < 1.29 is 37.5 Å². The van der Waals surface area contributed by atoms with E-state index in [0.29, 0.717) is 11.5 Å². The number of ether oxygens (including phenoxy) is 5. The first kappa shape index (κ1) is 47.1. The number of fused-ring (bicyclic) bond motifs is 2. The normalized spacial score (nSPS) is 19.7. The molecule has 0 spiro atoms. The van der Waals surface area contributed by atoms with Gasteiger partial charge in [0.1, 0.15) is 41.5 Å². The molecule has 1 N–H and O–H groups in total. The molecule has 5 aromatic rings. The lowest BCUT2D eigenvalue weighted by atomic mass is 9.79. The number of aromatic amines is 1. The number of carbonyl (C=O) groups excluding carboxylic acids is 1. The van der Waals surface area contributed by atoms with Crippen LogP contribution in [0.4, 0.5) is 4.79 Å². The fraction of sp³-hybridized carbons (Fsp3) is 0.388. The molecule has 2 fully saturated rings.